The first kappa shape index (κ1) is 8.78. The summed E-state index contributed by atoms with van der Waals surface area (Å²) in [7, 11) is 1.58. The van der Waals surface area contributed by atoms with Crippen molar-refractivity contribution in [3.63, 3.8) is 0 Å². The van der Waals surface area contributed by atoms with Gasteiger partial charge in [-0.3, -0.25) is 9.10 Å². The SMILES string of the molecule is CN1SC(Cl)(Cl)C(Cl)C1=O. The van der Waals surface area contributed by atoms with E-state index in [9.17, 15) is 4.79 Å². The minimum Gasteiger partial charge on any atom is -0.286 e. The molecule has 1 heterocycles. The number of carbonyl (C=O) groups is 1. The van der Waals surface area contributed by atoms with Crippen LogP contribution in [0.3, 0.4) is 0 Å². The molecule has 10 heavy (non-hydrogen) atoms. The summed E-state index contributed by atoms with van der Waals surface area (Å²) in [5.74, 6) is -0.253. The number of nitrogens with zero attached hydrogens (tertiary/aromatic N) is 1. The van der Waals surface area contributed by atoms with Gasteiger partial charge in [-0.15, -0.1) is 11.6 Å². The van der Waals surface area contributed by atoms with Crippen molar-refractivity contribution in [3.05, 3.63) is 0 Å². The normalized spacial score (nSPS) is 31.4. The molecule has 0 spiro atoms. The van der Waals surface area contributed by atoms with Gasteiger partial charge in [-0.05, 0) is 11.9 Å². The molecule has 0 aromatic carbocycles. The first-order valence-electron chi connectivity index (χ1n) is 2.44. The lowest BCUT2D eigenvalue weighted by Crippen LogP contribution is -2.25. The summed E-state index contributed by atoms with van der Waals surface area (Å²) in [5, 5.41) is -0.842. The van der Waals surface area contributed by atoms with Gasteiger partial charge in [-0.25, -0.2) is 0 Å². The minimum atomic E-state index is -1.20. The van der Waals surface area contributed by atoms with Crippen molar-refractivity contribution in [2.45, 2.75) is 9.04 Å². The molecule has 0 aromatic rings. The Hall–Kier alpha value is 0.690. The van der Waals surface area contributed by atoms with Crippen molar-refractivity contribution >= 4 is 52.7 Å². The van der Waals surface area contributed by atoms with Crippen LogP contribution in [0.1, 0.15) is 0 Å². The zero-order valence-electron chi connectivity index (χ0n) is 4.97. The Kier molecular flexibility index (Phi) is 2.31. The number of hydrogen-bond acceptors (Lipinski definition) is 2. The number of halogens is 3. The van der Waals surface area contributed by atoms with E-state index in [1.165, 1.54) is 4.31 Å². The van der Waals surface area contributed by atoms with Gasteiger partial charge in [0.15, 0.2) is 5.38 Å². The van der Waals surface area contributed by atoms with Crippen molar-refractivity contribution in [1.29, 1.82) is 0 Å². The molecule has 1 fully saturated rings. The third kappa shape index (κ3) is 1.33. The average molecular weight is 221 g/mol. The molecule has 1 aliphatic heterocycles. The topological polar surface area (TPSA) is 20.3 Å². The Balaban J connectivity index is 2.81. The number of hydrogen-bond donors (Lipinski definition) is 0. The summed E-state index contributed by atoms with van der Waals surface area (Å²) in [6, 6.07) is 0. The summed E-state index contributed by atoms with van der Waals surface area (Å²) in [5.41, 5.74) is 0. The Morgan fingerprint density at radius 3 is 2.30 bits per heavy atom. The minimum absolute atomic E-state index is 0.253. The van der Waals surface area contributed by atoms with Crippen molar-refractivity contribution in [2.24, 2.45) is 0 Å². The molecular formula is C4H4Cl3NOS. The molecular weight excluding hydrogens is 216 g/mol. The maximum Gasteiger partial charge on any atom is 0.254 e. The van der Waals surface area contributed by atoms with E-state index in [2.05, 4.69) is 0 Å². The van der Waals surface area contributed by atoms with Gasteiger partial charge in [0.05, 0.1) is 0 Å². The molecule has 0 saturated carbocycles. The van der Waals surface area contributed by atoms with Crippen molar-refractivity contribution in [3.8, 4) is 0 Å². The first-order valence-corrected chi connectivity index (χ1v) is 4.40. The quantitative estimate of drug-likeness (QED) is 0.459. The molecule has 0 N–H and O–H groups in total. The lowest BCUT2D eigenvalue weighted by atomic mass is 10.4. The summed E-state index contributed by atoms with van der Waals surface area (Å²) < 4.78 is 0.130. The maximum atomic E-state index is 10.9. The number of rotatable bonds is 0. The highest BCUT2D eigenvalue weighted by atomic mass is 35.5. The van der Waals surface area contributed by atoms with Gasteiger partial charge in [0.2, 0.25) is 3.67 Å². The summed E-state index contributed by atoms with van der Waals surface area (Å²) in [6.07, 6.45) is 0. The first-order chi connectivity index (χ1) is 4.45. The molecule has 1 aliphatic rings. The smallest absolute Gasteiger partial charge is 0.254 e. The molecule has 1 atom stereocenters. The van der Waals surface area contributed by atoms with E-state index in [0.29, 0.717) is 0 Å². The number of alkyl halides is 3. The predicted molar refractivity (Wildman–Crippen MR) is 44.4 cm³/mol. The van der Waals surface area contributed by atoms with Gasteiger partial charge < -0.3 is 0 Å². The molecule has 1 rings (SSSR count). The van der Waals surface area contributed by atoms with Crippen molar-refractivity contribution in [2.75, 3.05) is 7.05 Å². The highest BCUT2D eigenvalue weighted by molar-refractivity contribution is 8.02. The Labute approximate surface area is 77.9 Å². The number of carbonyl (C=O) groups excluding carboxylic acids is 1. The van der Waals surface area contributed by atoms with E-state index in [1.54, 1.807) is 7.05 Å². The van der Waals surface area contributed by atoms with Crippen LogP contribution >= 0.6 is 46.8 Å². The lowest BCUT2D eigenvalue weighted by molar-refractivity contribution is -0.123. The van der Waals surface area contributed by atoms with E-state index in [1.807, 2.05) is 0 Å². The Morgan fingerprint density at radius 2 is 2.20 bits per heavy atom. The van der Waals surface area contributed by atoms with E-state index < -0.39 is 9.04 Å². The molecule has 0 bridgehead atoms. The molecule has 1 saturated heterocycles. The van der Waals surface area contributed by atoms with Crippen LogP contribution < -0.4 is 0 Å². The summed E-state index contributed by atoms with van der Waals surface area (Å²) in [4.78, 5) is 10.9. The highest BCUT2D eigenvalue weighted by Crippen LogP contribution is 2.48. The molecule has 1 amide bonds. The zero-order valence-corrected chi connectivity index (χ0v) is 8.06. The molecule has 0 aliphatic carbocycles. The van der Waals surface area contributed by atoms with Crippen LogP contribution in [0.15, 0.2) is 0 Å². The molecule has 0 radical (unpaired) electrons. The molecule has 1 unspecified atom stereocenters. The second-order valence-electron chi connectivity index (χ2n) is 1.85. The van der Waals surface area contributed by atoms with Gasteiger partial charge in [-0.1, -0.05) is 23.2 Å². The van der Waals surface area contributed by atoms with Crippen LogP contribution in [0.4, 0.5) is 0 Å². The standard InChI is InChI=1S/C4H4Cl3NOS/c1-8-3(9)2(5)4(6,7)10-8/h2H,1H3. The third-order valence-corrected chi connectivity index (χ3v) is 3.73. The number of amides is 1. The highest BCUT2D eigenvalue weighted by Gasteiger charge is 2.49. The molecule has 6 heteroatoms. The van der Waals surface area contributed by atoms with E-state index in [0.717, 1.165) is 11.9 Å². The van der Waals surface area contributed by atoms with Gasteiger partial charge in [0, 0.05) is 7.05 Å². The summed E-state index contributed by atoms with van der Waals surface area (Å²) >= 11 is 17.9. The second kappa shape index (κ2) is 2.63. The monoisotopic (exact) mass is 219 g/mol. The average Bonchev–Trinajstić information content (AvgIpc) is 1.95. The largest absolute Gasteiger partial charge is 0.286 e. The maximum absolute atomic E-state index is 10.9. The van der Waals surface area contributed by atoms with Crippen LogP contribution in [-0.2, 0) is 4.79 Å². The fraction of sp³-hybridized carbons (Fsp3) is 0.750. The van der Waals surface area contributed by atoms with Crippen molar-refractivity contribution in [1.82, 2.24) is 4.31 Å². The van der Waals surface area contributed by atoms with Crippen LogP contribution in [0, 0.1) is 0 Å². The Morgan fingerprint density at radius 1 is 1.70 bits per heavy atom. The Bertz CT molecular complexity index is 174. The van der Waals surface area contributed by atoms with Crippen LogP contribution in [0.2, 0.25) is 0 Å². The molecule has 58 valence electrons. The van der Waals surface area contributed by atoms with Crippen LogP contribution in [0.25, 0.3) is 0 Å². The van der Waals surface area contributed by atoms with E-state index in [-0.39, 0.29) is 5.91 Å². The summed E-state index contributed by atoms with van der Waals surface area (Å²) in [6.45, 7) is 0. The second-order valence-corrected chi connectivity index (χ2v) is 5.50. The molecule has 0 aromatic heterocycles. The van der Waals surface area contributed by atoms with Gasteiger partial charge in [0.1, 0.15) is 0 Å². The van der Waals surface area contributed by atoms with Gasteiger partial charge in [0.25, 0.3) is 5.91 Å². The zero-order chi connectivity index (χ0) is 7.94. The van der Waals surface area contributed by atoms with Gasteiger partial charge >= 0.3 is 0 Å². The fourth-order valence-electron chi connectivity index (χ4n) is 0.577. The van der Waals surface area contributed by atoms with Crippen molar-refractivity contribution < 1.29 is 4.79 Å². The fourth-order valence-corrected chi connectivity index (χ4v) is 2.46. The van der Waals surface area contributed by atoms with Crippen LogP contribution in [-0.4, -0.2) is 26.3 Å². The predicted octanol–water partition coefficient (Wildman–Crippen LogP) is 1.85. The van der Waals surface area contributed by atoms with E-state index in [4.69, 9.17) is 34.8 Å². The lowest BCUT2D eigenvalue weighted by Gasteiger charge is -2.10. The molecule has 2 nitrogen and oxygen atoms in total. The third-order valence-electron chi connectivity index (χ3n) is 1.08. The van der Waals surface area contributed by atoms with Crippen LogP contribution in [0.5, 0.6) is 0 Å². The van der Waals surface area contributed by atoms with Gasteiger partial charge in [-0.2, -0.15) is 0 Å². The van der Waals surface area contributed by atoms with E-state index >= 15 is 0 Å².